The Bertz CT molecular complexity index is 1150. The molecule has 0 unspecified atom stereocenters. The second-order valence-corrected chi connectivity index (χ2v) is 6.79. The van der Waals surface area contributed by atoms with Crippen molar-refractivity contribution in [3.8, 4) is 0 Å². The Labute approximate surface area is 156 Å². The highest BCUT2D eigenvalue weighted by Gasteiger charge is 2.17. The lowest BCUT2D eigenvalue weighted by atomic mass is 10.1. The molecular formula is C16H15N5O5S. The van der Waals surface area contributed by atoms with Crippen LogP contribution < -0.4 is 16.6 Å². The van der Waals surface area contributed by atoms with E-state index >= 15 is 0 Å². The minimum absolute atomic E-state index is 0.382. The number of imide groups is 1. The van der Waals surface area contributed by atoms with Crippen molar-refractivity contribution < 1.29 is 19.1 Å². The monoisotopic (exact) mass is 389 g/mol. The molecule has 3 heterocycles. The average molecular weight is 389 g/mol. The van der Waals surface area contributed by atoms with Gasteiger partial charge in [-0.05, 0) is 25.5 Å². The number of aromatic nitrogens is 3. The fraction of sp³-hybridized carbons (Fsp3) is 0.250. The summed E-state index contributed by atoms with van der Waals surface area (Å²) >= 11 is 1.21. The van der Waals surface area contributed by atoms with Gasteiger partial charge in [0, 0.05) is 11.1 Å². The first-order chi connectivity index (χ1) is 12.8. The normalized spacial score (nSPS) is 10.9. The third-order valence-electron chi connectivity index (χ3n) is 3.67. The number of nitrogens with one attached hydrogen (secondary N) is 1. The molecule has 0 fully saturated rings. The third kappa shape index (κ3) is 3.77. The number of carbonyl (C=O) groups is 3. The minimum atomic E-state index is -1.05. The predicted molar refractivity (Wildman–Crippen MR) is 97.3 cm³/mol. The lowest BCUT2D eigenvalue weighted by Crippen LogP contribution is -2.38. The smallest absolute Gasteiger partial charge is 0.326 e. The van der Waals surface area contributed by atoms with Crippen LogP contribution in [0.3, 0.4) is 0 Å². The molecule has 0 radical (unpaired) electrons. The van der Waals surface area contributed by atoms with Crippen molar-refractivity contribution in [1.29, 1.82) is 0 Å². The first-order valence-electron chi connectivity index (χ1n) is 7.77. The molecule has 0 aliphatic carbocycles. The number of esters is 1. The zero-order valence-corrected chi connectivity index (χ0v) is 15.3. The number of primary amides is 1. The summed E-state index contributed by atoms with van der Waals surface area (Å²) in [5.41, 5.74) is 6.72. The Morgan fingerprint density at radius 2 is 2.07 bits per heavy atom. The highest BCUT2D eigenvalue weighted by atomic mass is 32.1. The second-order valence-electron chi connectivity index (χ2n) is 5.79. The number of ether oxygens (including phenoxy) is 1. The number of urea groups is 1. The highest BCUT2D eigenvalue weighted by Crippen LogP contribution is 2.31. The standard InChI is InChI=1S/C16H15N5O5S/c1-7-3-8(2)19-14-11(7)12-13(27-14)15(24)21(6-18-12)4-10(23)26-5-9(22)20-16(17)25/h3,6H,4-5H2,1-2H3,(H3,17,20,22,25). The van der Waals surface area contributed by atoms with Crippen LogP contribution in [0.5, 0.6) is 0 Å². The molecule has 3 aromatic rings. The van der Waals surface area contributed by atoms with Crippen LogP contribution in [-0.4, -0.2) is 39.0 Å². The zero-order valence-electron chi connectivity index (χ0n) is 14.4. The van der Waals surface area contributed by atoms with E-state index in [-0.39, 0.29) is 0 Å². The molecule has 11 heteroatoms. The highest BCUT2D eigenvalue weighted by molar-refractivity contribution is 7.25. The molecule has 0 saturated carbocycles. The fourth-order valence-electron chi connectivity index (χ4n) is 2.62. The number of hydrogen-bond acceptors (Lipinski definition) is 8. The van der Waals surface area contributed by atoms with Crippen LogP contribution >= 0.6 is 11.3 Å². The van der Waals surface area contributed by atoms with E-state index in [1.807, 2.05) is 19.9 Å². The van der Waals surface area contributed by atoms with Gasteiger partial charge in [-0.2, -0.15) is 0 Å². The number of aryl methyl sites for hydroxylation is 2. The van der Waals surface area contributed by atoms with Gasteiger partial charge in [0.15, 0.2) is 6.61 Å². The van der Waals surface area contributed by atoms with Gasteiger partial charge in [0.25, 0.3) is 11.5 Å². The Hall–Kier alpha value is -3.34. The van der Waals surface area contributed by atoms with E-state index < -0.39 is 36.6 Å². The summed E-state index contributed by atoms with van der Waals surface area (Å²) in [6.07, 6.45) is 1.25. The fourth-order valence-corrected chi connectivity index (χ4v) is 3.82. The van der Waals surface area contributed by atoms with Crippen LogP contribution in [0, 0.1) is 13.8 Å². The summed E-state index contributed by atoms with van der Waals surface area (Å²) < 4.78 is 6.19. The number of rotatable bonds is 4. The van der Waals surface area contributed by atoms with E-state index in [1.54, 1.807) is 5.32 Å². The molecule has 10 nitrogen and oxygen atoms in total. The van der Waals surface area contributed by atoms with Crippen LogP contribution in [0.4, 0.5) is 4.79 Å². The second kappa shape index (κ2) is 7.11. The molecule has 27 heavy (non-hydrogen) atoms. The van der Waals surface area contributed by atoms with E-state index in [0.29, 0.717) is 15.0 Å². The Morgan fingerprint density at radius 3 is 2.78 bits per heavy atom. The van der Waals surface area contributed by atoms with Gasteiger partial charge >= 0.3 is 12.0 Å². The summed E-state index contributed by atoms with van der Waals surface area (Å²) in [4.78, 5) is 55.7. The first kappa shape index (κ1) is 18.5. The Balaban J connectivity index is 1.85. The summed E-state index contributed by atoms with van der Waals surface area (Å²) in [6, 6.07) is 0.863. The van der Waals surface area contributed by atoms with Crippen molar-refractivity contribution in [3.63, 3.8) is 0 Å². The van der Waals surface area contributed by atoms with Gasteiger partial charge in [0.2, 0.25) is 0 Å². The van der Waals surface area contributed by atoms with Crippen LogP contribution in [-0.2, 0) is 20.9 Å². The van der Waals surface area contributed by atoms with E-state index in [2.05, 4.69) is 9.97 Å². The van der Waals surface area contributed by atoms with Gasteiger partial charge in [-0.15, -0.1) is 11.3 Å². The lowest BCUT2D eigenvalue weighted by molar-refractivity contribution is -0.148. The Kier molecular flexibility index (Phi) is 4.86. The first-order valence-corrected chi connectivity index (χ1v) is 8.58. The molecule has 3 aromatic heterocycles. The SMILES string of the molecule is Cc1cc(C)c2c(n1)sc1c(=O)n(CC(=O)OCC(=O)NC(N)=O)cnc12. The van der Waals surface area contributed by atoms with Gasteiger partial charge in [0.05, 0.1) is 11.8 Å². The maximum atomic E-state index is 12.7. The quantitative estimate of drug-likeness (QED) is 0.612. The van der Waals surface area contributed by atoms with Crippen LogP contribution in [0.15, 0.2) is 17.2 Å². The number of nitrogens with two attached hydrogens (primary N) is 1. The van der Waals surface area contributed by atoms with E-state index in [1.165, 1.54) is 17.7 Å². The summed E-state index contributed by atoms with van der Waals surface area (Å²) in [6.45, 7) is 2.68. The van der Waals surface area contributed by atoms with Gasteiger partial charge in [-0.3, -0.25) is 24.3 Å². The van der Waals surface area contributed by atoms with Crippen molar-refractivity contribution in [2.75, 3.05) is 6.61 Å². The number of thiophene rings is 1. The van der Waals surface area contributed by atoms with Crippen molar-refractivity contribution in [3.05, 3.63) is 34.0 Å². The number of hydrogen-bond donors (Lipinski definition) is 2. The van der Waals surface area contributed by atoms with Crippen molar-refractivity contribution in [2.45, 2.75) is 20.4 Å². The van der Waals surface area contributed by atoms with E-state index in [0.717, 1.165) is 21.2 Å². The zero-order chi connectivity index (χ0) is 19.7. The van der Waals surface area contributed by atoms with Crippen molar-refractivity contribution in [1.82, 2.24) is 19.9 Å². The van der Waals surface area contributed by atoms with Crippen molar-refractivity contribution in [2.24, 2.45) is 5.73 Å². The molecule has 0 aliphatic heterocycles. The maximum absolute atomic E-state index is 12.7. The molecule has 0 spiro atoms. The predicted octanol–water partition coefficient (Wildman–Crippen LogP) is 0.361. The summed E-state index contributed by atoms with van der Waals surface area (Å²) in [5.74, 6) is -1.69. The number of pyridine rings is 1. The molecule has 3 N–H and O–H groups in total. The maximum Gasteiger partial charge on any atom is 0.326 e. The lowest BCUT2D eigenvalue weighted by Gasteiger charge is -2.06. The molecule has 140 valence electrons. The van der Waals surface area contributed by atoms with E-state index in [4.69, 9.17) is 10.5 Å². The molecular weight excluding hydrogens is 374 g/mol. The largest absolute Gasteiger partial charge is 0.454 e. The number of nitrogens with zero attached hydrogens (tertiary/aromatic N) is 3. The molecule has 0 bridgehead atoms. The molecule has 3 amide bonds. The van der Waals surface area contributed by atoms with Crippen LogP contribution in [0.2, 0.25) is 0 Å². The molecule has 0 saturated heterocycles. The molecule has 3 rings (SSSR count). The molecule has 0 aromatic carbocycles. The van der Waals surface area contributed by atoms with Crippen LogP contribution in [0.25, 0.3) is 20.4 Å². The average Bonchev–Trinajstić information content (AvgIpc) is 2.94. The minimum Gasteiger partial charge on any atom is -0.454 e. The molecule has 0 atom stereocenters. The van der Waals surface area contributed by atoms with Crippen molar-refractivity contribution >= 4 is 49.7 Å². The third-order valence-corrected chi connectivity index (χ3v) is 4.73. The Morgan fingerprint density at radius 1 is 1.33 bits per heavy atom. The van der Waals surface area contributed by atoms with Gasteiger partial charge in [-0.25, -0.2) is 14.8 Å². The summed E-state index contributed by atoms with van der Waals surface area (Å²) in [5, 5.41) is 2.57. The topological polar surface area (TPSA) is 146 Å². The van der Waals surface area contributed by atoms with Gasteiger partial charge in [-0.1, -0.05) is 0 Å². The number of amides is 3. The van der Waals surface area contributed by atoms with Gasteiger partial charge < -0.3 is 10.5 Å². The van der Waals surface area contributed by atoms with Crippen LogP contribution in [0.1, 0.15) is 11.3 Å². The summed E-state index contributed by atoms with van der Waals surface area (Å²) in [7, 11) is 0. The van der Waals surface area contributed by atoms with Gasteiger partial charge in [0.1, 0.15) is 16.1 Å². The number of carbonyl (C=O) groups excluding carboxylic acids is 3. The van der Waals surface area contributed by atoms with E-state index in [9.17, 15) is 19.2 Å². The number of fused-ring (bicyclic) bond motifs is 3. The molecule has 0 aliphatic rings.